The van der Waals surface area contributed by atoms with Gasteiger partial charge in [-0.3, -0.25) is 23.7 Å². The fraction of sp³-hybridized carbons (Fsp3) is 0.217. The number of aromatic nitrogens is 2. The lowest BCUT2D eigenvalue weighted by Crippen LogP contribution is -2.40. The van der Waals surface area contributed by atoms with Crippen molar-refractivity contribution in [3.05, 3.63) is 86.6 Å². The number of nitrogens with zero attached hydrogens (tertiary/aromatic N) is 4. The van der Waals surface area contributed by atoms with E-state index in [-0.39, 0.29) is 17.9 Å². The number of anilines is 1. The van der Waals surface area contributed by atoms with Gasteiger partial charge in [0, 0.05) is 27.4 Å². The molecule has 1 atom stereocenters. The number of carbonyl (C=O) groups excluding carboxylic acids is 1. The first-order chi connectivity index (χ1) is 14.8. The molecule has 4 rings (SSSR count). The Morgan fingerprint density at radius 2 is 1.65 bits per heavy atom. The van der Waals surface area contributed by atoms with Gasteiger partial charge in [0.1, 0.15) is 5.56 Å². The zero-order valence-corrected chi connectivity index (χ0v) is 17.4. The maximum Gasteiger partial charge on any atom is 0.333 e. The van der Waals surface area contributed by atoms with Crippen LogP contribution in [0.2, 0.25) is 0 Å². The minimum atomic E-state index is -0.639. The van der Waals surface area contributed by atoms with Crippen LogP contribution in [0.4, 0.5) is 11.4 Å². The Hall–Kier alpha value is -3.94. The second-order valence-corrected chi connectivity index (χ2v) is 7.47. The third-order valence-corrected chi connectivity index (χ3v) is 5.54. The van der Waals surface area contributed by atoms with E-state index in [0.29, 0.717) is 17.1 Å². The quantitative estimate of drug-likeness (QED) is 0.691. The van der Waals surface area contributed by atoms with Gasteiger partial charge in [0.05, 0.1) is 23.1 Å². The van der Waals surface area contributed by atoms with Crippen molar-refractivity contribution < 1.29 is 9.90 Å². The number of fused-ring (bicyclic) bond motifs is 1. The van der Waals surface area contributed by atoms with Crippen LogP contribution < -0.4 is 16.1 Å². The maximum absolute atomic E-state index is 13.0. The summed E-state index contributed by atoms with van der Waals surface area (Å²) in [5, 5.41) is 10.7. The molecule has 1 aliphatic rings. The number of hydrogen-bond acceptors (Lipinski definition) is 5. The topological polar surface area (TPSA) is 96.9 Å². The Balaban J connectivity index is 2.03. The second-order valence-electron chi connectivity index (χ2n) is 7.47. The van der Waals surface area contributed by atoms with E-state index in [0.717, 1.165) is 14.7 Å². The minimum absolute atomic E-state index is 0.0502. The highest BCUT2D eigenvalue weighted by Crippen LogP contribution is 2.40. The van der Waals surface area contributed by atoms with Crippen molar-refractivity contribution in [1.29, 1.82) is 0 Å². The van der Waals surface area contributed by atoms with Gasteiger partial charge in [-0.2, -0.15) is 0 Å². The number of amides is 1. The Kier molecular flexibility index (Phi) is 5.06. The fourth-order valence-electron chi connectivity index (χ4n) is 3.97. The average Bonchev–Trinajstić information content (AvgIpc) is 2.94. The van der Waals surface area contributed by atoms with Gasteiger partial charge in [-0.05, 0) is 17.7 Å². The van der Waals surface area contributed by atoms with Gasteiger partial charge in [0.15, 0.2) is 0 Å². The molecule has 1 aromatic heterocycles. The number of benzene rings is 2. The molecule has 0 saturated carbocycles. The van der Waals surface area contributed by atoms with Crippen LogP contribution in [0, 0.1) is 0 Å². The van der Waals surface area contributed by atoms with E-state index in [4.69, 9.17) is 0 Å². The number of hydrogen-bond donors (Lipinski definition) is 1. The summed E-state index contributed by atoms with van der Waals surface area (Å²) in [4.78, 5) is 44.3. The van der Waals surface area contributed by atoms with Gasteiger partial charge in [0.25, 0.3) is 5.56 Å². The van der Waals surface area contributed by atoms with E-state index in [2.05, 4.69) is 4.99 Å². The molecular weight excluding hydrogens is 396 g/mol. The number of rotatable bonds is 2. The standard InChI is InChI=1S/C23H22N4O4/c1-14(28)27-18-12-8-7-11-16(18)24-17(13-19(27)15-9-5-4-6-10-15)20-21(29)25(2)23(31)26(3)22(20)30/h4-12,19,29H,13H2,1-3H3/t19-/m0/s1. The van der Waals surface area contributed by atoms with Crippen LogP contribution in [0.5, 0.6) is 5.88 Å². The van der Waals surface area contributed by atoms with Crippen molar-refractivity contribution in [3.63, 3.8) is 0 Å². The Morgan fingerprint density at radius 3 is 2.32 bits per heavy atom. The molecular formula is C23H22N4O4. The summed E-state index contributed by atoms with van der Waals surface area (Å²) in [6.45, 7) is 1.49. The second kappa shape index (κ2) is 7.71. The normalized spacial score (nSPS) is 15.8. The summed E-state index contributed by atoms with van der Waals surface area (Å²) in [6.07, 6.45) is 0.180. The number of carbonyl (C=O) groups is 1. The first kappa shape index (κ1) is 20.3. The minimum Gasteiger partial charge on any atom is -0.494 e. The molecule has 0 bridgehead atoms. The SMILES string of the molecule is CC(=O)N1c2ccccc2N=C(c2c(O)n(C)c(=O)n(C)c2=O)C[C@H]1c1ccccc1. The lowest BCUT2D eigenvalue weighted by Gasteiger charge is -2.30. The van der Waals surface area contributed by atoms with E-state index < -0.39 is 23.2 Å². The zero-order valence-electron chi connectivity index (χ0n) is 17.4. The number of aliphatic imine (C=N–C) groups is 1. The van der Waals surface area contributed by atoms with Crippen LogP contribution in [-0.4, -0.2) is 25.9 Å². The molecule has 0 radical (unpaired) electrons. The Morgan fingerprint density at radius 1 is 1.00 bits per heavy atom. The molecule has 8 nitrogen and oxygen atoms in total. The highest BCUT2D eigenvalue weighted by Gasteiger charge is 2.33. The van der Waals surface area contributed by atoms with E-state index in [1.807, 2.05) is 36.4 Å². The van der Waals surface area contributed by atoms with E-state index in [1.54, 1.807) is 23.1 Å². The predicted octanol–water partition coefficient (Wildman–Crippen LogP) is 2.41. The predicted molar refractivity (Wildman–Crippen MR) is 118 cm³/mol. The van der Waals surface area contributed by atoms with Gasteiger partial charge in [-0.15, -0.1) is 0 Å². The summed E-state index contributed by atoms with van der Waals surface area (Å²) in [5.74, 6) is -0.622. The lowest BCUT2D eigenvalue weighted by molar-refractivity contribution is -0.117. The van der Waals surface area contributed by atoms with E-state index in [1.165, 1.54) is 21.0 Å². The molecule has 1 aliphatic heterocycles. The third kappa shape index (κ3) is 3.35. The van der Waals surface area contributed by atoms with Gasteiger partial charge < -0.3 is 10.0 Å². The van der Waals surface area contributed by atoms with Gasteiger partial charge >= 0.3 is 5.69 Å². The summed E-state index contributed by atoms with van der Waals surface area (Å²) < 4.78 is 1.95. The lowest BCUT2D eigenvalue weighted by atomic mass is 9.96. The van der Waals surface area contributed by atoms with E-state index >= 15 is 0 Å². The highest BCUT2D eigenvalue weighted by molar-refractivity contribution is 6.08. The van der Waals surface area contributed by atoms with Crippen LogP contribution in [0.15, 0.2) is 69.2 Å². The van der Waals surface area contributed by atoms with Crippen molar-refractivity contribution in [2.75, 3.05) is 4.90 Å². The van der Waals surface area contributed by atoms with Crippen LogP contribution in [-0.2, 0) is 18.9 Å². The summed E-state index contributed by atoms with van der Waals surface area (Å²) >= 11 is 0. The average molecular weight is 418 g/mol. The van der Waals surface area contributed by atoms with Crippen LogP contribution in [0.1, 0.15) is 30.5 Å². The molecule has 31 heavy (non-hydrogen) atoms. The van der Waals surface area contributed by atoms with Crippen molar-refractivity contribution in [3.8, 4) is 5.88 Å². The monoisotopic (exact) mass is 418 g/mol. The van der Waals surface area contributed by atoms with Gasteiger partial charge in [0.2, 0.25) is 11.8 Å². The molecule has 1 N–H and O–H groups in total. The first-order valence-corrected chi connectivity index (χ1v) is 9.82. The van der Waals surface area contributed by atoms with Crippen molar-refractivity contribution >= 4 is 23.0 Å². The molecule has 0 aliphatic carbocycles. The van der Waals surface area contributed by atoms with Crippen molar-refractivity contribution in [1.82, 2.24) is 9.13 Å². The van der Waals surface area contributed by atoms with Crippen molar-refractivity contribution in [2.24, 2.45) is 19.1 Å². The first-order valence-electron chi connectivity index (χ1n) is 9.82. The largest absolute Gasteiger partial charge is 0.494 e. The molecule has 2 aromatic carbocycles. The molecule has 2 heterocycles. The summed E-state index contributed by atoms with van der Waals surface area (Å²) in [5.41, 5.74) is 0.958. The zero-order chi connectivity index (χ0) is 22.3. The molecule has 0 unspecified atom stereocenters. The summed E-state index contributed by atoms with van der Waals surface area (Å²) in [7, 11) is 2.75. The van der Waals surface area contributed by atoms with Crippen LogP contribution >= 0.6 is 0 Å². The number of aromatic hydroxyl groups is 1. The maximum atomic E-state index is 13.0. The smallest absolute Gasteiger partial charge is 0.333 e. The Labute approximate surface area is 178 Å². The molecule has 0 saturated heterocycles. The number of para-hydroxylation sites is 2. The van der Waals surface area contributed by atoms with Crippen LogP contribution in [0.25, 0.3) is 0 Å². The molecule has 158 valence electrons. The van der Waals surface area contributed by atoms with E-state index in [9.17, 15) is 19.5 Å². The van der Waals surface area contributed by atoms with Gasteiger partial charge in [-0.25, -0.2) is 4.79 Å². The Bertz CT molecular complexity index is 1320. The molecule has 8 heteroatoms. The molecule has 0 fully saturated rings. The molecule has 0 spiro atoms. The molecule has 3 aromatic rings. The highest BCUT2D eigenvalue weighted by atomic mass is 16.3. The summed E-state index contributed by atoms with van der Waals surface area (Å²) in [6, 6.07) is 16.2. The third-order valence-electron chi connectivity index (χ3n) is 5.54. The van der Waals surface area contributed by atoms with Crippen LogP contribution in [0.3, 0.4) is 0 Å². The van der Waals surface area contributed by atoms with Gasteiger partial charge in [-0.1, -0.05) is 42.5 Å². The molecule has 1 amide bonds. The van der Waals surface area contributed by atoms with Crippen molar-refractivity contribution in [2.45, 2.75) is 19.4 Å². The fourth-order valence-corrected chi connectivity index (χ4v) is 3.97.